The van der Waals surface area contributed by atoms with Crippen molar-refractivity contribution in [2.45, 2.75) is 39.5 Å². The van der Waals surface area contributed by atoms with Crippen LogP contribution in [-0.2, 0) is 0 Å². The first-order valence-corrected chi connectivity index (χ1v) is 20.6. The van der Waals surface area contributed by atoms with Gasteiger partial charge in [-0.1, -0.05) is 149 Å². The van der Waals surface area contributed by atoms with Crippen molar-refractivity contribution in [3.8, 4) is 0 Å². The zero-order chi connectivity index (χ0) is 39.3. The van der Waals surface area contributed by atoms with Crippen LogP contribution in [0.4, 0.5) is 34.1 Å². The van der Waals surface area contributed by atoms with E-state index in [0.717, 1.165) is 34.1 Å². The molecular formula is C56H46N2. The first-order chi connectivity index (χ1) is 28.4. The molecule has 0 N–H and O–H groups in total. The molecule has 0 fully saturated rings. The van der Waals surface area contributed by atoms with Crippen LogP contribution in [0.3, 0.4) is 0 Å². The van der Waals surface area contributed by atoms with Gasteiger partial charge in [0.2, 0.25) is 0 Å². The molecule has 0 unspecified atom stereocenters. The third-order valence-electron chi connectivity index (χ3n) is 11.9. The van der Waals surface area contributed by atoms with Gasteiger partial charge in [-0.15, -0.1) is 0 Å². The molecule has 0 amide bonds. The molecule has 0 radical (unpaired) electrons. The van der Waals surface area contributed by atoms with Gasteiger partial charge in [-0.25, -0.2) is 0 Å². The van der Waals surface area contributed by atoms with Crippen LogP contribution in [0.1, 0.15) is 50.7 Å². The lowest BCUT2D eigenvalue weighted by atomic mass is 9.87. The van der Waals surface area contributed by atoms with E-state index >= 15 is 0 Å². The number of anilines is 6. The van der Waals surface area contributed by atoms with Gasteiger partial charge in [-0.05, 0) is 150 Å². The zero-order valence-corrected chi connectivity index (χ0v) is 33.5. The minimum absolute atomic E-state index is 0.474. The predicted octanol–water partition coefficient (Wildman–Crippen LogP) is 16.6. The molecule has 10 aromatic carbocycles. The Morgan fingerprint density at radius 1 is 0.259 bits per heavy atom. The van der Waals surface area contributed by atoms with Crippen LogP contribution in [0, 0.1) is 0 Å². The summed E-state index contributed by atoms with van der Waals surface area (Å²) in [6, 6.07) is 71.8. The van der Waals surface area contributed by atoms with E-state index in [9.17, 15) is 0 Å². The van der Waals surface area contributed by atoms with E-state index in [-0.39, 0.29) is 0 Å². The third kappa shape index (κ3) is 6.04. The van der Waals surface area contributed by atoms with E-state index < -0.39 is 0 Å². The maximum absolute atomic E-state index is 2.41. The second-order valence-electron chi connectivity index (χ2n) is 16.1. The van der Waals surface area contributed by atoms with Crippen molar-refractivity contribution in [1.29, 1.82) is 0 Å². The van der Waals surface area contributed by atoms with E-state index in [0.29, 0.717) is 11.8 Å². The molecule has 2 heteroatoms. The van der Waals surface area contributed by atoms with Crippen LogP contribution in [0.5, 0.6) is 0 Å². The van der Waals surface area contributed by atoms with Crippen molar-refractivity contribution in [2.24, 2.45) is 0 Å². The van der Waals surface area contributed by atoms with Crippen molar-refractivity contribution in [2.75, 3.05) is 9.80 Å². The summed E-state index contributed by atoms with van der Waals surface area (Å²) in [7, 11) is 0. The second-order valence-corrected chi connectivity index (χ2v) is 16.1. The number of para-hydroxylation sites is 2. The highest BCUT2D eigenvalue weighted by atomic mass is 15.1. The number of hydrogen-bond acceptors (Lipinski definition) is 2. The summed E-state index contributed by atoms with van der Waals surface area (Å²) >= 11 is 0. The van der Waals surface area contributed by atoms with Gasteiger partial charge in [0, 0.05) is 34.1 Å². The minimum Gasteiger partial charge on any atom is -0.310 e. The van der Waals surface area contributed by atoms with Gasteiger partial charge < -0.3 is 9.80 Å². The highest BCUT2D eigenvalue weighted by molar-refractivity contribution is 6.39. The Bertz CT molecular complexity index is 2880. The summed E-state index contributed by atoms with van der Waals surface area (Å²) < 4.78 is 0. The average molecular weight is 747 g/mol. The quantitative estimate of drug-likeness (QED) is 0.143. The molecule has 0 aliphatic heterocycles. The normalized spacial score (nSPS) is 11.8. The molecular weight excluding hydrogens is 701 g/mol. The highest BCUT2D eigenvalue weighted by Gasteiger charge is 2.21. The number of hydrogen-bond donors (Lipinski definition) is 0. The fourth-order valence-electron chi connectivity index (χ4n) is 8.99. The number of fused-ring (bicyclic) bond motifs is 11. The molecule has 0 spiro atoms. The zero-order valence-electron chi connectivity index (χ0n) is 33.5. The maximum atomic E-state index is 2.41. The monoisotopic (exact) mass is 746 g/mol. The lowest BCUT2D eigenvalue weighted by molar-refractivity contribution is 0.866. The molecule has 0 aromatic heterocycles. The molecule has 0 bridgehead atoms. The Kier molecular flexibility index (Phi) is 8.91. The molecule has 10 aromatic rings. The fourth-order valence-corrected chi connectivity index (χ4v) is 8.99. The van der Waals surface area contributed by atoms with Gasteiger partial charge in [0.1, 0.15) is 0 Å². The van der Waals surface area contributed by atoms with E-state index in [1.165, 1.54) is 65.0 Å². The lowest BCUT2D eigenvalue weighted by Crippen LogP contribution is -2.10. The van der Waals surface area contributed by atoms with Gasteiger partial charge in [-0.2, -0.15) is 0 Å². The Morgan fingerprint density at radius 3 is 0.914 bits per heavy atom. The van der Waals surface area contributed by atoms with Gasteiger partial charge in [0.25, 0.3) is 0 Å². The standard InChI is InChI=1S/C56H46N2/c1-37(2)39-23-27-43(28-24-39)57(41-15-7-5-8-16-41)45-31-33-51-53(35-45)47-19-11-13-21-49(47)56-52-34-32-46(36-54(52)48-20-12-14-22-50(48)55(51)56)58(42-17-9-6-10-18-42)44-29-25-40(26-30-44)38(3)4/h5-38H,1-4H3. The molecule has 58 heavy (non-hydrogen) atoms. The molecule has 280 valence electrons. The van der Waals surface area contributed by atoms with Crippen LogP contribution in [0.15, 0.2) is 194 Å². The number of rotatable bonds is 8. The number of benzene rings is 10. The Hall–Kier alpha value is -6.90. The molecule has 0 aliphatic carbocycles. The molecule has 0 aliphatic rings. The van der Waals surface area contributed by atoms with Crippen LogP contribution in [0.25, 0.3) is 53.9 Å². The van der Waals surface area contributed by atoms with E-state index in [4.69, 9.17) is 0 Å². The molecule has 2 nitrogen and oxygen atoms in total. The molecule has 0 saturated carbocycles. The van der Waals surface area contributed by atoms with Crippen LogP contribution < -0.4 is 9.80 Å². The third-order valence-corrected chi connectivity index (χ3v) is 11.9. The largest absolute Gasteiger partial charge is 0.310 e. The first-order valence-electron chi connectivity index (χ1n) is 20.6. The maximum Gasteiger partial charge on any atom is 0.0468 e. The van der Waals surface area contributed by atoms with Crippen molar-refractivity contribution in [3.63, 3.8) is 0 Å². The van der Waals surface area contributed by atoms with E-state index in [1.807, 2.05) is 0 Å². The van der Waals surface area contributed by atoms with Crippen molar-refractivity contribution in [1.82, 2.24) is 0 Å². The smallest absolute Gasteiger partial charge is 0.0468 e. The van der Waals surface area contributed by atoms with Gasteiger partial charge in [0.05, 0.1) is 0 Å². The van der Waals surface area contributed by atoms with Crippen LogP contribution in [-0.4, -0.2) is 0 Å². The van der Waals surface area contributed by atoms with E-state index in [1.54, 1.807) is 0 Å². The van der Waals surface area contributed by atoms with E-state index in [2.05, 4.69) is 232 Å². The Labute approximate surface area is 341 Å². The Balaban J connectivity index is 1.23. The van der Waals surface area contributed by atoms with Crippen molar-refractivity contribution < 1.29 is 0 Å². The van der Waals surface area contributed by atoms with Gasteiger partial charge in [0.15, 0.2) is 0 Å². The first kappa shape index (κ1) is 35.5. The van der Waals surface area contributed by atoms with Crippen molar-refractivity contribution in [3.05, 3.63) is 205 Å². The summed E-state index contributed by atoms with van der Waals surface area (Å²) in [6.45, 7) is 9.00. The molecule has 10 rings (SSSR count). The van der Waals surface area contributed by atoms with Gasteiger partial charge >= 0.3 is 0 Å². The summed E-state index contributed by atoms with van der Waals surface area (Å²) in [6.07, 6.45) is 0. The average Bonchev–Trinajstić information content (AvgIpc) is 3.27. The SMILES string of the molecule is CC(C)c1ccc(N(c2ccccc2)c2ccc3c(c2)c2ccccc2c2c4ccc(N(c5ccccc5)c5ccc(C(C)C)cc5)cc4c4ccccc4c32)cc1. The highest BCUT2D eigenvalue weighted by Crippen LogP contribution is 2.47. The van der Waals surface area contributed by atoms with Crippen molar-refractivity contribution >= 4 is 88.0 Å². The topological polar surface area (TPSA) is 6.48 Å². The Morgan fingerprint density at radius 2 is 0.552 bits per heavy atom. The summed E-state index contributed by atoms with van der Waals surface area (Å²) in [5.41, 5.74) is 9.52. The number of nitrogens with zero attached hydrogens (tertiary/aromatic N) is 2. The fraction of sp³-hybridized carbons (Fsp3) is 0.107. The molecule has 0 saturated heterocycles. The van der Waals surface area contributed by atoms with Gasteiger partial charge in [-0.3, -0.25) is 0 Å². The second kappa shape index (κ2) is 14.6. The van der Waals surface area contributed by atoms with Crippen LogP contribution >= 0.6 is 0 Å². The summed E-state index contributed by atoms with van der Waals surface area (Å²) in [5.74, 6) is 0.948. The van der Waals surface area contributed by atoms with Crippen LogP contribution in [0.2, 0.25) is 0 Å². The summed E-state index contributed by atoms with van der Waals surface area (Å²) in [4.78, 5) is 4.77. The molecule has 0 atom stereocenters. The summed E-state index contributed by atoms with van der Waals surface area (Å²) in [5, 5.41) is 12.7. The minimum atomic E-state index is 0.474. The predicted molar refractivity (Wildman–Crippen MR) is 252 cm³/mol. The lowest BCUT2D eigenvalue weighted by Gasteiger charge is -2.27. The molecule has 0 heterocycles.